The monoisotopic (exact) mass is 347 g/mol. The zero-order chi connectivity index (χ0) is 14.1. The number of halogens is 2. The molecule has 122 valence electrons. The van der Waals surface area contributed by atoms with Crippen molar-refractivity contribution < 1.29 is 9.90 Å². The second kappa shape index (κ2) is 7.73. The Morgan fingerprint density at radius 1 is 1.45 bits per heavy atom. The van der Waals surface area contributed by atoms with Gasteiger partial charge in [-0.15, -0.1) is 24.8 Å². The van der Waals surface area contributed by atoms with Crippen LogP contribution in [-0.2, 0) is 11.3 Å². The molecule has 5 N–H and O–H groups in total. The van der Waals surface area contributed by atoms with E-state index in [4.69, 9.17) is 5.73 Å². The normalized spacial score (nSPS) is 23.6. The number of aromatic nitrogens is 3. The largest absolute Gasteiger partial charge is 0.391 e. The zero-order valence-corrected chi connectivity index (χ0v) is 13.4. The fourth-order valence-corrected chi connectivity index (χ4v) is 2.62. The molecule has 0 saturated heterocycles. The number of hydrogen-bond acceptors (Lipinski definition) is 5. The van der Waals surface area contributed by atoms with Crippen LogP contribution in [0.3, 0.4) is 0 Å². The van der Waals surface area contributed by atoms with Crippen molar-refractivity contribution in [2.45, 2.75) is 31.5 Å². The fraction of sp³-hybridized carbons (Fsp3) is 0.462. The van der Waals surface area contributed by atoms with Crippen molar-refractivity contribution in [3.63, 3.8) is 0 Å². The number of carbonyl (C=O) groups is 1. The summed E-state index contributed by atoms with van der Waals surface area (Å²) in [4.78, 5) is 16.2. The zero-order valence-electron chi connectivity index (χ0n) is 11.7. The van der Waals surface area contributed by atoms with E-state index in [0.717, 1.165) is 11.1 Å². The van der Waals surface area contributed by atoms with Gasteiger partial charge >= 0.3 is 0 Å². The second-order valence-corrected chi connectivity index (χ2v) is 5.19. The van der Waals surface area contributed by atoms with Crippen LogP contribution in [0.4, 0.5) is 0 Å². The average Bonchev–Trinajstić information content (AvgIpc) is 3.01. The maximum atomic E-state index is 12.0. The van der Waals surface area contributed by atoms with Crippen LogP contribution in [0, 0.1) is 5.92 Å². The summed E-state index contributed by atoms with van der Waals surface area (Å²) in [6.07, 6.45) is 2.05. The third-order valence-electron chi connectivity index (χ3n) is 3.80. The van der Waals surface area contributed by atoms with Crippen LogP contribution < -0.4 is 11.1 Å². The molecule has 22 heavy (non-hydrogen) atoms. The number of H-pyrrole nitrogens is 1. The summed E-state index contributed by atoms with van der Waals surface area (Å²) >= 11 is 0. The molecule has 2 heterocycles. The minimum Gasteiger partial charge on any atom is -0.391 e. The molecule has 0 spiro atoms. The number of aliphatic hydroxyl groups is 1. The van der Waals surface area contributed by atoms with E-state index in [9.17, 15) is 9.90 Å². The minimum atomic E-state index is -0.581. The molecule has 0 unspecified atom stereocenters. The lowest BCUT2D eigenvalue weighted by molar-refractivity contribution is -0.125. The van der Waals surface area contributed by atoms with Crippen LogP contribution >= 0.6 is 24.8 Å². The van der Waals surface area contributed by atoms with Gasteiger partial charge in [-0.3, -0.25) is 9.89 Å². The molecular weight excluding hydrogens is 329 g/mol. The van der Waals surface area contributed by atoms with E-state index in [1.165, 1.54) is 0 Å². The van der Waals surface area contributed by atoms with Crippen molar-refractivity contribution in [1.82, 2.24) is 20.5 Å². The highest BCUT2D eigenvalue weighted by Crippen LogP contribution is 2.25. The topological polar surface area (TPSA) is 117 Å². The summed E-state index contributed by atoms with van der Waals surface area (Å²) in [6.45, 7) is 0.364. The lowest BCUT2D eigenvalue weighted by atomic mass is 10.1. The van der Waals surface area contributed by atoms with Gasteiger partial charge in [0.15, 0.2) is 5.65 Å². The molecule has 1 fully saturated rings. The van der Waals surface area contributed by atoms with Crippen molar-refractivity contribution in [2.24, 2.45) is 11.7 Å². The molecule has 0 aliphatic heterocycles. The third-order valence-corrected chi connectivity index (χ3v) is 3.80. The van der Waals surface area contributed by atoms with Crippen molar-refractivity contribution in [1.29, 1.82) is 0 Å². The Balaban J connectivity index is 0.00000121. The summed E-state index contributed by atoms with van der Waals surface area (Å²) in [6, 6.07) is 3.43. The van der Waals surface area contributed by atoms with Gasteiger partial charge in [0.1, 0.15) is 0 Å². The molecule has 1 aliphatic carbocycles. The van der Waals surface area contributed by atoms with Crippen LogP contribution in [0.15, 0.2) is 18.3 Å². The van der Waals surface area contributed by atoms with E-state index in [0.29, 0.717) is 25.0 Å². The summed E-state index contributed by atoms with van der Waals surface area (Å²) in [7, 11) is 0. The second-order valence-electron chi connectivity index (χ2n) is 5.19. The number of pyridine rings is 1. The number of fused-ring (bicyclic) bond motifs is 1. The first kappa shape index (κ1) is 18.6. The lowest BCUT2D eigenvalue weighted by Gasteiger charge is -2.09. The van der Waals surface area contributed by atoms with Gasteiger partial charge in [0, 0.05) is 23.5 Å². The number of nitrogens with zero attached hydrogens (tertiary/aromatic N) is 2. The van der Waals surface area contributed by atoms with E-state index < -0.39 is 6.10 Å². The maximum absolute atomic E-state index is 12.0. The van der Waals surface area contributed by atoms with Crippen LogP contribution in [0.1, 0.15) is 18.5 Å². The molecule has 3 atom stereocenters. The number of hydrogen-bond donors (Lipinski definition) is 4. The lowest BCUT2D eigenvalue weighted by Crippen LogP contribution is -2.30. The predicted molar refractivity (Wildman–Crippen MR) is 86.9 cm³/mol. The fourth-order valence-electron chi connectivity index (χ4n) is 2.62. The highest BCUT2D eigenvalue weighted by Gasteiger charge is 2.34. The standard InChI is InChI=1S/C13H17N5O2.2ClH/c14-9-4-7(5-11(9)19)13(20)16-6-10-8-2-1-3-15-12(8)18-17-10;;/h1-3,7,9,11,19H,4-6,14H2,(H,16,20)(H,15,17,18);2*1H/t7-,9+,11+;;/m0../s1. The van der Waals surface area contributed by atoms with Crippen molar-refractivity contribution in [3.8, 4) is 0 Å². The molecule has 0 radical (unpaired) electrons. The first-order chi connectivity index (χ1) is 9.65. The molecular formula is C13H19Cl2N5O2. The molecule has 2 aromatic heterocycles. The smallest absolute Gasteiger partial charge is 0.223 e. The van der Waals surface area contributed by atoms with E-state index in [-0.39, 0.29) is 42.7 Å². The highest BCUT2D eigenvalue weighted by molar-refractivity contribution is 5.85. The number of aliphatic hydroxyl groups excluding tert-OH is 1. The van der Waals surface area contributed by atoms with Gasteiger partial charge in [0.05, 0.1) is 18.3 Å². The first-order valence-corrected chi connectivity index (χ1v) is 6.64. The molecule has 0 bridgehead atoms. The van der Waals surface area contributed by atoms with Crippen LogP contribution in [0.5, 0.6) is 0 Å². The molecule has 7 nitrogen and oxygen atoms in total. The molecule has 3 rings (SSSR count). The molecule has 2 aromatic rings. The summed E-state index contributed by atoms with van der Waals surface area (Å²) in [5.41, 5.74) is 7.17. The van der Waals surface area contributed by atoms with Crippen LogP contribution in [0.25, 0.3) is 11.0 Å². The molecule has 1 saturated carbocycles. The quantitative estimate of drug-likeness (QED) is 0.645. The summed E-state index contributed by atoms with van der Waals surface area (Å²) < 4.78 is 0. The van der Waals surface area contributed by atoms with Crippen molar-refractivity contribution in [2.75, 3.05) is 0 Å². The highest BCUT2D eigenvalue weighted by atomic mass is 35.5. The predicted octanol–water partition coefficient (Wildman–Crippen LogP) is 0.516. The van der Waals surface area contributed by atoms with Gasteiger partial charge in [0.25, 0.3) is 0 Å². The SMILES string of the molecule is Cl.Cl.N[C@@H]1C[C@H](C(=O)NCc2[nH]nc3ncccc23)C[C@H]1O. The van der Waals surface area contributed by atoms with Crippen LogP contribution in [-0.4, -0.2) is 38.3 Å². The Bertz CT molecular complexity index is 626. The number of rotatable bonds is 3. The number of aromatic amines is 1. The summed E-state index contributed by atoms with van der Waals surface area (Å²) in [5.74, 6) is -0.295. The minimum absolute atomic E-state index is 0. The van der Waals surface area contributed by atoms with Gasteiger partial charge in [-0.25, -0.2) is 4.98 Å². The van der Waals surface area contributed by atoms with E-state index >= 15 is 0 Å². The Morgan fingerprint density at radius 3 is 2.91 bits per heavy atom. The first-order valence-electron chi connectivity index (χ1n) is 6.64. The Morgan fingerprint density at radius 2 is 2.23 bits per heavy atom. The molecule has 1 aliphatic rings. The molecule has 9 heteroatoms. The van der Waals surface area contributed by atoms with Crippen molar-refractivity contribution >= 4 is 41.8 Å². The number of nitrogens with two attached hydrogens (primary N) is 1. The van der Waals surface area contributed by atoms with Crippen molar-refractivity contribution in [3.05, 3.63) is 24.0 Å². The number of nitrogens with one attached hydrogen (secondary N) is 2. The van der Waals surface area contributed by atoms with Gasteiger partial charge in [-0.1, -0.05) is 0 Å². The maximum Gasteiger partial charge on any atom is 0.223 e. The van der Waals surface area contributed by atoms with Gasteiger partial charge in [0.2, 0.25) is 5.91 Å². The van der Waals surface area contributed by atoms with E-state index in [1.807, 2.05) is 12.1 Å². The van der Waals surface area contributed by atoms with Crippen LogP contribution in [0.2, 0.25) is 0 Å². The molecule has 0 aromatic carbocycles. The van der Waals surface area contributed by atoms with Gasteiger partial charge in [-0.2, -0.15) is 5.10 Å². The number of amides is 1. The van der Waals surface area contributed by atoms with E-state index in [2.05, 4.69) is 20.5 Å². The number of carbonyl (C=O) groups excluding carboxylic acids is 1. The Hall–Kier alpha value is -1.41. The van der Waals surface area contributed by atoms with Gasteiger partial charge < -0.3 is 16.2 Å². The Kier molecular flexibility index (Phi) is 6.55. The summed E-state index contributed by atoms with van der Waals surface area (Å²) in [5, 5.41) is 20.3. The Labute approximate surface area is 139 Å². The average molecular weight is 348 g/mol. The third kappa shape index (κ3) is 3.67. The van der Waals surface area contributed by atoms with E-state index in [1.54, 1.807) is 6.20 Å². The molecule has 1 amide bonds. The van der Waals surface area contributed by atoms with Gasteiger partial charge in [-0.05, 0) is 25.0 Å².